The summed E-state index contributed by atoms with van der Waals surface area (Å²) in [5.41, 5.74) is 1.93. The molecule has 4 aromatic heterocycles. The highest BCUT2D eigenvalue weighted by molar-refractivity contribution is 5.93. The number of pyridine rings is 1. The Hall–Kier alpha value is -3.42. The van der Waals surface area contributed by atoms with Crippen molar-refractivity contribution < 1.29 is 13.7 Å². The minimum atomic E-state index is -0.437. The van der Waals surface area contributed by atoms with Gasteiger partial charge in [0.05, 0.1) is 17.4 Å². The fourth-order valence-corrected chi connectivity index (χ4v) is 2.38. The van der Waals surface area contributed by atoms with Crippen LogP contribution >= 0.6 is 0 Å². The molecule has 4 aromatic rings. The molecule has 8 nitrogen and oxygen atoms in total. The SMILES string of the molecule is CC(NC(=O)c1ccoc1)c1nc(-c2cccn3ccnc23)no1. The van der Waals surface area contributed by atoms with E-state index >= 15 is 0 Å². The summed E-state index contributed by atoms with van der Waals surface area (Å²) in [6, 6.07) is 4.89. The molecule has 0 saturated carbocycles. The first kappa shape index (κ1) is 14.2. The summed E-state index contributed by atoms with van der Waals surface area (Å²) < 4.78 is 12.1. The van der Waals surface area contributed by atoms with E-state index in [0.717, 1.165) is 11.2 Å². The number of fused-ring (bicyclic) bond motifs is 1. The van der Waals surface area contributed by atoms with E-state index in [1.807, 2.05) is 28.9 Å². The largest absolute Gasteiger partial charge is 0.472 e. The van der Waals surface area contributed by atoms with E-state index in [4.69, 9.17) is 8.94 Å². The maximum atomic E-state index is 12.0. The lowest BCUT2D eigenvalue weighted by Gasteiger charge is -2.07. The molecular weight excluding hydrogens is 310 g/mol. The molecule has 0 fully saturated rings. The Morgan fingerprint density at radius 1 is 1.33 bits per heavy atom. The van der Waals surface area contributed by atoms with Crippen molar-refractivity contribution in [2.24, 2.45) is 0 Å². The van der Waals surface area contributed by atoms with E-state index in [9.17, 15) is 4.79 Å². The van der Waals surface area contributed by atoms with Gasteiger partial charge >= 0.3 is 0 Å². The van der Waals surface area contributed by atoms with Crippen molar-refractivity contribution in [2.75, 3.05) is 0 Å². The van der Waals surface area contributed by atoms with E-state index in [1.54, 1.807) is 19.2 Å². The second-order valence-corrected chi connectivity index (χ2v) is 5.24. The number of rotatable bonds is 4. The van der Waals surface area contributed by atoms with Gasteiger partial charge in [0.2, 0.25) is 11.7 Å². The number of nitrogens with one attached hydrogen (secondary N) is 1. The van der Waals surface area contributed by atoms with Gasteiger partial charge in [0, 0.05) is 18.6 Å². The second-order valence-electron chi connectivity index (χ2n) is 5.24. The third kappa shape index (κ3) is 2.43. The van der Waals surface area contributed by atoms with Crippen LogP contribution in [0.2, 0.25) is 0 Å². The molecule has 120 valence electrons. The molecule has 0 aromatic carbocycles. The molecular formula is C16H13N5O3. The van der Waals surface area contributed by atoms with E-state index in [0.29, 0.717) is 17.3 Å². The molecule has 0 aliphatic heterocycles. The first-order valence-electron chi connectivity index (χ1n) is 7.31. The van der Waals surface area contributed by atoms with Crippen molar-refractivity contribution in [3.63, 3.8) is 0 Å². The van der Waals surface area contributed by atoms with Crippen molar-refractivity contribution in [3.8, 4) is 11.4 Å². The number of furan rings is 1. The fourth-order valence-electron chi connectivity index (χ4n) is 2.38. The molecule has 0 radical (unpaired) electrons. The van der Waals surface area contributed by atoms with Gasteiger partial charge in [-0.05, 0) is 25.1 Å². The number of aromatic nitrogens is 4. The number of hydrogen-bond acceptors (Lipinski definition) is 6. The van der Waals surface area contributed by atoms with E-state index < -0.39 is 6.04 Å². The molecule has 1 N–H and O–H groups in total. The molecule has 0 bridgehead atoms. The van der Waals surface area contributed by atoms with Crippen molar-refractivity contribution in [1.82, 2.24) is 24.8 Å². The van der Waals surface area contributed by atoms with Crippen LogP contribution in [0.4, 0.5) is 0 Å². The molecule has 1 amide bonds. The van der Waals surface area contributed by atoms with Gasteiger partial charge < -0.3 is 18.7 Å². The van der Waals surface area contributed by atoms with Gasteiger partial charge in [0.15, 0.2) is 0 Å². The summed E-state index contributed by atoms with van der Waals surface area (Å²) in [5.74, 6) is 0.466. The van der Waals surface area contributed by atoms with Gasteiger partial charge in [-0.1, -0.05) is 5.16 Å². The third-order valence-corrected chi connectivity index (χ3v) is 3.60. The van der Waals surface area contributed by atoms with Gasteiger partial charge in [-0.3, -0.25) is 4.79 Å². The Bertz CT molecular complexity index is 986. The fraction of sp³-hybridized carbons (Fsp3) is 0.125. The maximum Gasteiger partial charge on any atom is 0.255 e. The van der Waals surface area contributed by atoms with Crippen LogP contribution in [0.3, 0.4) is 0 Å². The van der Waals surface area contributed by atoms with Crippen molar-refractivity contribution >= 4 is 11.6 Å². The highest BCUT2D eigenvalue weighted by Gasteiger charge is 2.19. The molecule has 1 atom stereocenters. The van der Waals surface area contributed by atoms with Crippen LogP contribution in [0.15, 0.2) is 58.3 Å². The Morgan fingerprint density at radius 2 is 2.25 bits per heavy atom. The quantitative estimate of drug-likeness (QED) is 0.619. The molecule has 0 aliphatic rings. The van der Waals surface area contributed by atoms with Crippen molar-refractivity contribution in [2.45, 2.75) is 13.0 Å². The topological polar surface area (TPSA) is 98.5 Å². The maximum absolute atomic E-state index is 12.0. The highest BCUT2D eigenvalue weighted by Crippen LogP contribution is 2.22. The van der Waals surface area contributed by atoms with E-state index in [2.05, 4.69) is 20.4 Å². The second kappa shape index (κ2) is 5.65. The first-order chi connectivity index (χ1) is 11.7. The predicted molar refractivity (Wildman–Crippen MR) is 83.1 cm³/mol. The first-order valence-corrected chi connectivity index (χ1v) is 7.31. The molecule has 0 aliphatic carbocycles. The third-order valence-electron chi connectivity index (χ3n) is 3.60. The lowest BCUT2D eigenvalue weighted by molar-refractivity contribution is 0.0932. The Morgan fingerprint density at radius 3 is 3.08 bits per heavy atom. The summed E-state index contributed by atoms with van der Waals surface area (Å²) >= 11 is 0. The average Bonchev–Trinajstić information content (AvgIpc) is 3.34. The van der Waals surface area contributed by atoms with E-state index in [-0.39, 0.29) is 5.91 Å². The standard InChI is InChI=1S/C16H13N5O3/c1-10(18-15(22)11-4-8-23-9-11)16-19-13(20-24-16)12-3-2-6-21-7-5-17-14(12)21/h2-10H,1H3,(H,18,22). The van der Waals surface area contributed by atoms with Crippen LogP contribution < -0.4 is 5.32 Å². The van der Waals surface area contributed by atoms with Crippen molar-refractivity contribution in [1.29, 1.82) is 0 Å². The lowest BCUT2D eigenvalue weighted by atomic mass is 10.2. The van der Waals surface area contributed by atoms with Gasteiger partial charge in [0.25, 0.3) is 5.91 Å². The summed E-state index contributed by atoms with van der Waals surface area (Å²) in [6.07, 6.45) is 8.25. The van der Waals surface area contributed by atoms with Crippen LogP contribution in [0.25, 0.3) is 17.0 Å². The smallest absolute Gasteiger partial charge is 0.255 e. The van der Waals surface area contributed by atoms with Crippen LogP contribution in [-0.2, 0) is 0 Å². The van der Waals surface area contributed by atoms with Crippen LogP contribution in [0.1, 0.15) is 29.2 Å². The van der Waals surface area contributed by atoms with Crippen LogP contribution in [0.5, 0.6) is 0 Å². The minimum Gasteiger partial charge on any atom is -0.472 e. The Balaban J connectivity index is 1.58. The average molecular weight is 323 g/mol. The molecule has 0 saturated heterocycles. The highest BCUT2D eigenvalue weighted by atomic mass is 16.5. The molecule has 8 heteroatoms. The zero-order valence-corrected chi connectivity index (χ0v) is 12.7. The summed E-state index contributed by atoms with van der Waals surface area (Å²) in [7, 11) is 0. The normalized spacial score (nSPS) is 12.4. The van der Waals surface area contributed by atoms with Crippen LogP contribution in [0, 0.1) is 0 Å². The zero-order chi connectivity index (χ0) is 16.5. The number of imidazole rings is 1. The van der Waals surface area contributed by atoms with Crippen molar-refractivity contribution in [3.05, 3.63) is 60.8 Å². The predicted octanol–water partition coefficient (Wildman–Crippen LogP) is 2.47. The molecule has 1 unspecified atom stereocenters. The summed E-state index contributed by atoms with van der Waals surface area (Å²) in [6.45, 7) is 1.77. The molecule has 0 spiro atoms. The van der Waals surface area contributed by atoms with Gasteiger partial charge in [-0.25, -0.2) is 4.98 Å². The monoisotopic (exact) mass is 323 g/mol. The van der Waals surface area contributed by atoms with E-state index in [1.165, 1.54) is 12.5 Å². The number of hydrogen-bond donors (Lipinski definition) is 1. The number of amides is 1. The number of carbonyl (C=O) groups excluding carboxylic acids is 1. The molecule has 24 heavy (non-hydrogen) atoms. The van der Waals surface area contributed by atoms with Crippen LogP contribution in [-0.4, -0.2) is 25.4 Å². The van der Waals surface area contributed by atoms with Gasteiger partial charge in [0.1, 0.15) is 18.0 Å². The van der Waals surface area contributed by atoms with Gasteiger partial charge in [-0.2, -0.15) is 4.98 Å². The van der Waals surface area contributed by atoms with Gasteiger partial charge in [-0.15, -0.1) is 0 Å². The molecule has 4 heterocycles. The summed E-state index contributed by atoms with van der Waals surface area (Å²) in [4.78, 5) is 20.7. The number of carbonyl (C=O) groups is 1. The lowest BCUT2D eigenvalue weighted by Crippen LogP contribution is -2.26. The molecule has 4 rings (SSSR count). The number of nitrogens with zero attached hydrogens (tertiary/aromatic N) is 4. The summed E-state index contributed by atoms with van der Waals surface area (Å²) in [5, 5.41) is 6.78. The Labute approximate surface area is 136 Å². The minimum absolute atomic E-state index is 0.272. The Kier molecular flexibility index (Phi) is 3.34. The zero-order valence-electron chi connectivity index (χ0n) is 12.7.